The topological polar surface area (TPSA) is 79.4 Å². The van der Waals surface area contributed by atoms with Crippen LogP contribution in [0.25, 0.3) is 0 Å². The number of rotatable bonds is 6. The predicted octanol–water partition coefficient (Wildman–Crippen LogP) is 1.59. The average Bonchev–Trinajstić information content (AvgIpc) is 2.96. The van der Waals surface area contributed by atoms with Crippen molar-refractivity contribution in [2.75, 3.05) is 12.3 Å². The smallest absolute Gasteiger partial charge is 0.217 e. The standard InChI is InChI=1S/C15H23N3O3S/c1-3-9-22(20,21)18-8-4-5-15(18)14-7-6-13(11-17-14)10-16-12(2)19/h6-7,11,15H,3-5,8-10H2,1-2H3,(H,16,19). The quantitative estimate of drug-likeness (QED) is 0.861. The van der Waals surface area contributed by atoms with Crippen molar-refractivity contribution in [2.24, 2.45) is 0 Å². The van der Waals surface area contributed by atoms with E-state index in [0.717, 1.165) is 24.1 Å². The molecule has 1 aliphatic rings. The van der Waals surface area contributed by atoms with Crippen LogP contribution in [0.5, 0.6) is 0 Å². The molecule has 1 atom stereocenters. The third-order valence-electron chi connectivity index (χ3n) is 3.75. The average molecular weight is 325 g/mol. The summed E-state index contributed by atoms with van der Waals surface area (Å²) in [5, 5.41) is 2.72. The van der Waals surface area contributed by atoms with Gasteiger partial charge in [-0.15, -0.1) is 0 Å². The van der Waals surface area contributed by atoms with E-state index in [1.54, 1.807) is 10.5 Å². The molecule has 2 rings (SSSR count). The van der Waals surface area contributed by atoms with Crippen molar-refractivity contribution in [1.29, 1.82) is 0 Å². The number of carbonyl (C=O) groups excluding carboxylic acids is 1. The van der Waals surface area contributed by atoms with E-state index in [4.69, 9.17) is 0 Å². The highest BCUT2D eigenvalue weighted by Gasteiger charge is 2.35. The van der Waals surface area contributed by atoms with E-state index in [1.165, 1.54) is 6.92 Å². The summed E-state index contributed by atoms with van der Waals surface area (Å²) in [5.74, 6) is 0.0983. The Morgan fingerprint density at radius 1 is 1.45 bits per heavy atom. The Morgan fingerprint density at radius 2 is 2.23 bits per heavy atom. The normalized spacial score (nSPS) is 19.3. The summed E-state index contributed by atoms with van der Waals surface area (Å²) in [5.41, 5.74) is 1.68. The van der Waals surface area contributed by atoms with Crippen LogP contribution in [-0.4, -0.2) is 35.9 Å². The number of hydrogen-bond donors (Lipinski definition) is 1. The predicted molar refractivity (Wildman–Crippen MR) is 84.5 cm³/mol. The van der Waals surface area contributed by atoms with Gasteiger partial charge >= 0.3 is 0 Å². The van der Waals surface area contributed by atoms with E-state index in [2.05, 4.69) is 10.3 Å². The fourth-order valence-electron chi connectivity index (χ4n) is 2.71. The molecule has 0 spiro atoms. The van der Waals surface area contributed by atoms with Gasteiger partial charge in [-0.05, 0) is 30.9 Å². The maximum atomic E-state index is 12.3. The number of carbonyl (C=O) groups is 1. The molecule has 22 heavy (non-hydrogen) atoms. The minimum atomic E-state index is -3.20. The largest absolute Gasteiger partial charge is 0.352 e. The van der Waals surface area contributed by atoms with Crippen LogP contribution in [0.15, 0.2) is 18.3 Å². The number of sulfonamides is 1. The molecule has 1 aliphatic heterocycles. The molecule has 2 heterocycles. The van der Waals surface area contributed by atoms with Crippen LogP contribution in [0, 0.1) is 0 Å². The zero-order valence-electron chi connectivity index (χ0n) is 13.1. The minimum Gasteiger partial charge on any atom is -0.352 e. The summed E-state index contributed by atoms with van der Waals surface area (Å²) < 4.78 is 26.2. The number of pyridine rings is 1. The molecular formula is C15H23N3O3S. The molecule has 1 aromatic heterocycles. The minimum absolute atomic E-state index is 0.0864. The molecule has 1 saturated heterocycles. The van der Waals surface area contributed by atoms with Crippen molar-refractivity contribution in [1.82, 2.24) is 14.6 Å². The van der Waals surface area contributed by atoms with E-state index in [1.807, 2.05) is 19.1 Å². The van der Waals surface area contributed by atoms with E-state index < -0.39 is 10.0 Å². The molecule has 0 bridgehead atoms. The Morgan fingerprint density at radius 3 is 2.82 bits per heavy atom. The Labute approximate surface area is 132 Å². The number of aromatic nitrogens is 1. The number of amides is 1. The number of nitrogens with one attached hydrogen (secondary N) is 1. The lowest BCUT2D eigenvalue weighted by Crippen LogP contribution is -2.32. The van der Waals surface area contributed by atoms with Crippen molar-refractivity contribution < 1.29 is 13.2 Å². The Balaban J connectivity index is 2.11. The first kappa shape index (κ1) is 16.9. The molecule has 122 valence electrons. The molecule has 1 unspecified atom stereocenters. The van der Waals surface area contributed by atoms with Gasteiger partial charge in [-0.25, -0.2) is 8.42 Å². The van der Waals surface area contributed by atoms with Crippen molar-refractivity contribution in [3.05, 3.63) is 29.6 Å². The van der Waals surface area contributed by atoms with Gasteiger partial charge in [0.2, 0.25) is 15.9 Å². The fourth-order valence-corrected chi connectivity index (χ4v) is 4.47. The Kier molecular flexibility index (Phi) is 5.52. The zero-order valence-corrected chi connectivity index (χ0v) is 13.9. The lowest BCUT2D eigenvalue weighted by Gasteiger charge is -2.23. The van der Waals surface area contributed by atoms with E-state index in [-0.39, 0.29) is 17.7 Å². The van der Waals surface area contributed by atoms with E-state index in [0.29, 0.717) is 19.5 Å². The van der Waals surface area contributed by atoms with Crippen LogP contribution in [-0.2, 0) is 21.4 Å². The van der Waals surface area contributed by atoms with Gasteiger partial charge in [-0.2, -0.15) is 4.31 Å². The Hall–Kier alpha value is -1.47. The monoisotopic (exact) mass is 325 g/mol. The summed E-state index contributed by atoms with van der Waals surface area (Å²) in [6.45, 7) is 4.35. The van der Waals surface area contributed by atoms with Gasteiger partial charge in [0.1, 0.15) is 0 Å². The van der Waals surface area contributed by atoms with Crippen LogP contribution in [0.2, 0.25) is 0 Å². The first-order valence-corrected chi connectivity index (χ1v) is 9.23. The van der Waals surface area contributed by atoms with Gasteiger partial charge in [0.05, 0.1) is 17.5 Å². The van der Waals surface area contributed by atoms with Crippen LogP contribution < -0.4 is 5.32 Å². The molecule has 0 radical (unpaired) electrons. The first-order valence-electron chi connectivity index (χ1n) is 7.63. The molecular weight excluding hydrogens is 302 g/mol. The zero-order chi connectivity index (χ0) is 16.2. The second-order valence-electron chi connectivity index (χ2n) is 5.59. The van der Waals surface area contributed by atoms with Gasteiger partial charge in [0.25, 0.3) is 0 Å². The molecule has 6 nitrogen and oxygen atoms in total. The Bertz CT molecular complexity index is 613. The SMILES string of the molecule is CCCS(=O)(=O)N1CCCC1c1ccc(CNC(C)=O)cn1. The van der Waals surface area contributed by atoms with Crippen LogP contribution in [0.3, 0.4) is 0 Å². The van der Waals surface area contributed by atoms with Crippen LogP contribution in [0.4, 0.5) is 0 Å². The van der Waals surface area contributed by atoms with Crippen LogP contribution >= 0.6 is 0 Å². The molecule has 1 amide bonds. The van der Waals surface area contributed by atoms with Crippen molar-refractivity contribution >= 4 is 15.9 Å². The van der Waals surface area contributed by atoms with Crippen molar-refractivity contribution in [2.45, 2.75) is 45.7 Å². The first-order chi connectivity index (χ1) is 10.4. The summed E-state index contributed by atoms with van der Waals surface area (Å²) >= 11 is 0. The summed E-state index contributed by atoms with van der Waals surface area (Å²) in [7, 11) is -3.20. The van der Waals surface area contributed by atoms with Gasteiger partial charge in [0, 0.05) is 26.2 Å². The molecule has 0 aliphatic carbocycles. The van der Waals surface area contributed by atoms with Gasteiger partial charge in [0.15, 0.2) is 0 Å². The summed E-state index contributed by atoms with van der Waals surface area (Å²) in [6.07, 6.45) is 3.99. The number of hydrogen-bond acceptors (Lipinski definition) is 4. The van der Waals surface area contributed by atoms with Gasteiger partial charge < -0.3 is 5.32 Å². The molecule has 0 aromatic carbocycles. The second kappa shape index (κ2) is 7.19. The maximum Gasteiger partial charge on any atom is 0.217 e. The highest BCUT2D eigenvalue weighted by molar-refractivity contribution is 7.89. The molecule has 1 N–H and O–H groups in total. The third kappa shape index (κ3) is 4.04. The van der Waals surface area contributed by atoms with E-state index >= 15 is 0 Å². The maximum absolute atomic E-state index is 12.3. The highest BCUT2D eigenvalue weighted by atomic mass is 32.2. The third-order valence-corrected chi connectivity index (χ3v) is 5.83. The number of nitrogens with zero attached hydrogens (tertiary/aromatic N) is 2. The summed E-state index contributed by atoms with van der Waals surface area (Å²) in [4.78, 5) is 15.3. The van der Waals surface area contributed by atoms with Gasteiger partial charge in [-0.1, -0.05) is 13.0 Å². The molecule has 1 fully saturated rings. The van der Waals surface area contributed by atoms with Gasteiger partial charge in [-0.3, -0.25) is 9.78 Å². The lowest BCUT2D eigenvalue weighted by atomic mass is 10.1. The summed E-state index contributed by atoms with van der Waals surface area (Å²) in [6, 6.07) is 3.59. The molecule has 1 aromatic rings. The molecule has 7 heteroatoms. The lowest BCUT2D eigenvalue weighted by molar-refractivity contribution is -0.119. The van der Waals surface area contributed by atoms with Crippen LogP contribution in [0.1, 0.15) is 50.4 Å². The fraction of sp³-hybridized carbons (Fsp3) is 0.600. The van der Waals surface area contributed by atoms with Crippen molar-refractivity contribution in [3.63, 3.8) is 0 Å². The van der Waals surface area contributed by atoms with E-state index in [9.17, 15) is 13.2 Å². The highest BCUT2D eigenvalue weighted by Crippen LogP contribution is 2.33. The second-order valence-corrected chi connectivity index (χ2v) is 7.63. The van der Waals surface area contributed by atoms with Crippen molar-refractivity contribution in [3.8, 4) is 0 Å². The molecule has 0 saturated carbocycles.